The smallest absolute Gasteiger partial charge is 0.228 e. The molecule has 2 aromatic carbocycles. The van der Waals surface area contributed by atoms with Gasteiger partial charge in [-0.05, 0) is 23.9 Å². The van der Waals surface area contributed by atoms with Crippen LogP contribution in [0.15, 0.2) is 40.9 Å². The maximum atomic E-state index is 12.3. The van der Waals surface area contributed by atoms with E-state index in [0.29, 0.717) is 13.0 Å². The number of nitrogens with one attached hydrogen (secondary N) is 2. The van der Waals surface area contributed by atoms with E-state index < -0.39 is 0 Å². The summed E-state index contributed by atoms with van der Waals surface area (Å²) >= 11 is 3.52. The van der Waals surface area contributed by atoms with E-state index in [1.54, 1.807) is 0 Å². The zero-order valence-electron chi connectivity index (χ0n) is 11.4. The Hall–Kier alpha value is -1.88. The molecule has 2 amide bonds. The van der Waals surface area contributed by atoms with Crippen molar-refractivity contribution in [2.24, 2.45) is 5.92 Å². The van der Waals surface area contributed by atoms with Crippen LogP contribution in [-0.4, -0.2) is 18.4 Å². The van der Waals surface area contributed by atoms with Crippen molar-refractivity contribution in [1.82, 2.24) is 5.32 Å². The fraction of sp³-hybridized carbons (Fsp3) is 0.250. The predicted octanol–water partition coefficient (Wildman–Crippen LogP) is 3.07. The molecule has 1 fully saturated rings. The van der Waals surface area contributed by atoms with Gasteiger partial charge in [0, 0.05) is 34.4 Å². The third kappa shape index (κ3) is 2.93. The van der Waals surface area contributed by atoms with E-state index in [1.807, 2.05) is 36.4 Å². The van der Waals surface area contributed by atoms with Crippen molar-refractivity contribution in [3.8, 4) is 0 Å². The van der Waals surface area contributed by atoms with Gasteiger partial charge in [0.2, 0.25) is 11.8 Å². The number of amides is 2. The molecule has 1 aliphatic rings. The number of fused-ring (bicyclic) bond motifs is 1. The molecular formula is C16H15BrN2O2. The molecule has 5 heteroatoms. The van der Waals surface area contributed by atoms with Crippen molar-refractivity contribution in [2.45, 2.75) is 12.8 Å². The second-order valence-corrected chi connectivity index (χ2v) is 6.02. The summed E-state index contributed by atoms with van der Waals surface area (Å²) in [6, 6.07) is 11.7. The van der Waals surface area contributed by atoms with Crippen LogP contribution in [0.2, 0.25) is 0 Å². The van der Waals surface area contributed by atoms with Crippen LogP contribution in [0.1, 0.15) is 12.8 Å². The van der Waals surface area contributed by atoms with Crippen LogP contribution in [0.4, 0.5) is 5.69 Å². The van der Waals surface area contributed by atoms with E-state index in [2.05, 4.69) is 26.6 Å². The van der Waals surface area contributed by atoms with Crippen LogP contribution in [-0.2, 0) is 9.59 Å². The first kappa shape index (κ1) is 14.1. The lowest BCUT2D eigenvalue weighted by atomic mass is 9.96. The summed E-state index contributed by atoms with van der Waals surface area (Å²) in [5, 5.41) is 7.74. The van der Waals surface area contributed by atoms with E-state index in [4.69, 9.17) is 0 Å². The highest BCUT2D eigenvalue weighted by Gasteiger charge is 2.25. The van der Waals surface area contributed by atoms with Crippen molar-refractivity contribution in [3.63, 3.8) is 0 Å². The Morgan fingerprint density at radius 3 is 2.71 bits per heavy atom. The number of hydrogen-bond donors (Lipinski definition) is 2. The van der Waals surface area contributed by atoms with E-state index in [1.165, 1.54) is 0 Å². The number of piperidine rings is 1. The van der Waals surface area contributed by atoms with Crippen LogP contribution < -0.4 is 10.6 Å². The van der Waals surface area contributed by atoms with E-state index in [9.17, 15) is 9.59 Å². The first-order chi connectivity index (χ1) is 10.1. The number of carbonyl (C=O) groups excluding carboxylic acids is 2. The Morgan fingerprint density at radius 1 is 1.19 bits per heavy atom. The molecule has 0 aromatic heterocycles. The molecular weight excluding hydrogens is 332 g/mol. The quantitative estimate of drug-likeness (QED) is 0.877. The van der Waals surface area contributed by atoms with Crippen molar-refractivity contribution >= 4 is 44.2 Å². The molecule has 0 saturated carbocycles. The topological polar surface area (TPSA) is 58.2 Å². The molecule has 0 bridgehead atoms. The van der Waals surface area contributed by atoms with Crippen molar-refractivity contribution in [3.05, 3.63) is 40.9 Å². The molecule has 3 rings (SSSR count). The first-order valence-corrected chi connectivity index (χ1v) is 7.69. The average Bonchev–Trinajstić information content (AvgIpc) is 2.50. The predicted molar refractivity (Wildman–Crippen MR) is 86.0 cm³/mol. The fourth-order valence-electron chi connectivity index (χ4n) is 2.61. The summed E-state index contributed by atoms with van der Waals surface area (Å²) in [6.07, 6.45) is 0.951. The van der Waals surface area contributed by atoms with Gasteiger partial charge in [-0.25, -0.2) is 0 Å². The minimum atomic E-state index is -0.249. The second kappa shape index (κ2) is 5.85. The zero-order chi connectivity index (χ0) is 14.8. The molecule has 1 heterocycles. The van der Waals surface area contributed by atoms with Crippen LogP contribution in [0.3, 0.4) is 0 Å². The third-order valence-electron chi connectivity index (χ3n) is 3.75. The van der Waals surface area contributed by atoms with Crippen molar-refractivity contribution < 1.29 is 9.59 Å². The Balaban J connectivity index is 1.86. The van der Waals surface area contributed by atoms with Crippen LogP contribution in [0, 0.1) is 5.92 Å². The molecule has 0 spiro atoms. The molecule has 0 unspecified atom stereocenters. The Morgan fingerprint density at radius 2 is 1.95 bits per heavy atom. The van der Waals surface area contributed by atoms with Gasteiger partial charge in [-0.2, -0.15) is 0 Å². The van der Waals surface area contributed by atoms with Gasteiger partial charge in [0.25, 0.3) is 0 Å². The van der Waals surface area contributed by atoms with E-state index in [-0.39, 0.29) is 24.2 Å². The normalized spacial score (nSPS) is 18.3. The van der Waals surface area contributed by atoms with Gasteiger partial charge in [-0.15, -0.1) is 0 Å². The summed E-state index contributed by atoms with van der Waals surface area (Å²) in [6.45, 7) is 0.567. The van der Waals surface area contributed by atoms with Crippen LogP contribution in [0.25, 0.3) is 10.8 Å². The van der Waals surface area contributed by atoms with Crippen molar-refractivity contribution in [2.75, 3.05) is 11.9 Å². The second-order valence-electron chi connectivity index (χ2n) is 5.17. The van der Waals surface area contributed by atoms with Gasteiger partial charge in [-0.1, -0.05) is 40.2 Å². The Kier molecular flexibility index (Phi) is 3.92. The lowest BCUT2D eigenvalue weighted by molar-refractivity contribution is -0.129. The van der Waals surface area contributed by atoms with E-state index >= 15 is 0 Å². The molecule has 2 N–H and O–H groups in total. The molecule has 2 aromatic rings. The lowest BCUT2D eigenvalue weighted by Gasteiger charge is -2.21. The minimum Gasteiger partial charge on any atom is -0.356 e. The lowest BCUT2D eigenvalue weighted by Crippen LogP contribution is -2.38. The SMILES string of the molecule is O=C1C[C@@H](C(=O)Nc2ccc(Br)c3ccccc23)CCN1. The molecule has 4 nitrogen and oxygen atoms in total. The summed E-state index contributed by atoms with van der Waals surface area (Å²) in [7, 11) is 0. The highest BCUT2D eigenvalue weighted by Crippen LogP contribution is 2.30. The number of halogens is 1. The summed E-state index contributed by atoms with van der Waals surface area (Å²) in [5.41, 5.74) is 0.782. The summed E-state index contributed by atoms with van der Waals surface area (Å²) < 4.78 is 0.994. The number of rotatable bonds is 2. The molecule has 1 atom stereocenters. The maximum absolute atomic E-state index is 12.3. The zero-order valence-corrected chi connectivity index (χ0v) is 12.9. The highest BCUT2D eigenvalue weighted by molar-refractivity contribution is 9.10. The molecule has 0 aliphatic carbocycles. The number of carbonyl (C=O) groups is 2. The largest absolute Gasteiger partial charge is 0.356 e. The standard InChI is InChI=1S/C16H15BrN2O2/c17-13-5-6-14(12-4-2-1-3-11(12)13)19-16(21)10-7-8-18-15(20)9-10/h1-6,10H,7-9H2,(H,18,20)(H,19,21)/t10-/m0/s1. The Labute approximate surface area is 131 Å². The summed E-state index contributed by atoms with van der Waals surface area (Å²) in [5.74, 6) is -0.388. The monoisotopic (exact) mass is 346 g/mol. The summed E-state index contributed by atoms with van der Waals surface area (Å²) in [4.78, 5) is 23.7. The van der Waals surface area contributed by atoms with Gasteiger partial charge in [0.15, 0.2) is 0 Å². The number of benzene rings is 2. The van der Waals surface area contributed by atoms with Gasteiger partial charge in [-0.3, -0.25) is 9.59 Å². The third-order valence-corrected chi connectivity index (χ3v) is 4.44. The van der Waals surface area contributed by atoms with Gasteiger partial charge < -0.3 is 10.6 Å². The van der Waals surface area contributed by atoms with E-state index in [0.717, 1.165) is 20.9 Å². The Bertz CT molecular complexity index is 714. The van der Waals surface area contributed by atoms with Gasteiger partial charge >= 0.3 is 0 Å². The first-order valence-electron chi connectivity index (χ1n) is 6.90. The fourth-order valence-corrected chi connectivity index (χ4v) is 3.09. The van der Waals surface area contributed by atoms with Crippen molar-refractivity contribution in [1.29, 1.82) is 0 Å². The van der Waals surface area contributed by atoms with Crippen LogP contribution >= 0.6 is 15.9 Å². The van der Waals surface area contributed by atoms with Gasteiger partial charge in [0.1, 0.15) is 0 Å². The minimum absolute atomic E-state index is 0.0536. The van der Waals surface area contributed by atoms with Gasteiger partial charge in [0.05, 0.1) is 0 Å². The average molecular weight is 347 g/mol. The highest BCUT2D eigenvalue weighted by atomic mass is 79.9. The number of anilines is 1. The molecule has 0 radical (unpaired) electrons. The maximum Gasteiger partial charge on any atom is 0.228 e. The molecule has 1 aliphatic heterocycles. The molecule has 1 saturated heterocycles. The molecule has 108 valence electrons. The van der Waals surface area contributed by atoms with Crippen LogP contribution in [0.5, 0.6) is 0 Å². The molecule has 21 heavy (non-hydrogen) atoms. The number of hydrogen-bond acceptors (Lipinski definition) is 2.